The number of nitrogens with zero attached hydrogens (tertiary/aromatic N) is 8. The van der Waals surface area contributed by atoms with E-state index in [4.69, 9.17) is 4.99 Å². The summed E-state index contributed by atoms with van der Waals surface area (Å²) < 4.78 is 1.92. The molecule has 0 spiro atoms. The Morgan fingerprint density at radius 2 is 2.08 bits per heavy atom. The normalized spacial score (nSPS) is 17.8. The zero-order valence-electron chi connectivity index (χ0n) is 14.9. The van der Waals surface area contributed by atoms with Crippen molar-refractivity contribution in [2.45, 2.75) is 12.8 Å². The van der Waals surface area contributed by atoms with Gasteiger partial charge < -0.3 is 14.7 Å². The summed E-state index contributed by atoms with van der Waals surface area (Å²) in [5.41, 5.74) is 0.823. The molecule has 8 nitrogen and oxygen atoms in total. The molecule has 0 N–H and O–H groups in total. The predicted molar refractivity (Wildman–Crippen MR) is 95.4 cm³/mol. The van der Waals surface area contributed by atoms with Crippen LogP contribution in [0.15, 0.2) is 23.7 Å². The highest BCUT2D eigenvalue weighted by Crippen LogP contribution is 2.24. The zero-order valence-corrected chi connectivity index (χ0v) is 14.9. The lowest BCUT2D eigenvalue weighted by Gasteiger charge is -2.33. The van der Waals surface area contributed by atoms with E-state index in [1.165, 1.54) is 6.42 Å². The average molecular weight is 330 g/mol. The van der Waals surface area contributed by atoms with Gasteiger partial charge in [0.15, 0.2) is 11.8 Å². The number of fused-ring (bicyclic) bond motifs is 1. The molecule has 0 amide bonds. The van der Waals surface area contributed by atoms with Gasteiger partial charge in [0.25, 0.3) is 0 Å². The summed E-state index contributed by atoms with van der Waals surface area (Å²) >= 11 is 0. The van der Waals surface area contributed by atoms with E-state index in [0.717, 1.165) is 43.5 Å². The molecule has 24 heavy (non-hydrogen) atoms. The maximum atomic E-state index is 4.82. The molecule has 3 rings (SSSR count). The fourth-order valence-corrected chi connectivity index (χ4v) is 3.27. The topological polar surface area (TPSA) is 65.2 Å². The summed E-state index contributed by atoms with van der Waals surface area (Å²) in [6.07, 6.45) is 7.75. The van der Waals surface area contributed by atoms with Crippen molar-refractivity contribution >= 4 is 17.4 Å². The van der Waals surface area contributed by atoms with Crippen molar-refractivity contribution in [2.24, 2.45) is 10.9 Å². The van der Waals surface area contributed by atoms with E-state index in [2.05, 4.69) is 29.9 Å². The Bertz CT molecular complexity index is 695. The first kappa shape index (κ1) is 16.5. The summed E-state index contributed by atoms with van der Waals surface area (Å²) in [7, 11) is 8.12. The molecule has 2 aromatic rings. The van der Waals surface area contributed by atoms with Gasteiger partial charge in [0.2, 0.25) is 5.65 Å². The predicted octanol–water partition coefficient (Wildman–Crippen LogP) is 0.820. The lowest BCUT2D eigenvalue weighted by atomic mass is 9.98. The van der Waals surface area contributed by atoms with Gasteiger partial charge in [-0.25, -0.2) is 4.98 Å². The third kappa shape index (κ3) is 3.42. The van der Waals surface area contributed by atoms with Crippen molar-refractivity contribution in [3.8, 4) is 0 Å². The van der Waals surface area contributed by atoms with Crippen LogP contribution < -0.4 is 4.90 Å². The monoisotopic (exact) mass is 330 g/mol. The van der Waals surface area contributed by atoms with Gasteiger partial charge in [0.1, 0.15) is 6.33 Å². The highest BCUT2D eigenvalue weighted by molar-refractivity contribution is 5.79. The molecule has 130 valence electrons. The van der Waals surface area contributed by atoms with Crippen LogP contribution in [0, 0.1) is 5.92 Å². The molecule has 1 aliphatic rings. The van der Waals surface area contributed by atoms with E-state index in [9.17, 15) is 0 Å². The minimum Gasteiger partial charge on any atom is -0.353 e. The second-order valence-corrected chi connectivity index (χ2v) is 6.70. The Labute approximate surface area is 142 Å². The zero-order chi connectivity index (χ0) is 17.1. The van der Waals surface area contributed by atoms with Gasteiger partial charge in [-0.1, -0.05) is 0 Å². The number of aliphatic imine (C=N–C) groups is 1. The fraction of sp³-hybridized carbons (Fsp3) is 0.625. The van der Waals surface area contributed by atoms with E-state index in [1.54, 1.807) is 6.33 Å². The summed E-state index contributed by atoms with van der Waals surface area (Å²) in [5.74, 6) is 2.45. The van der Waals surface area contributed by atoms with E-state index in [0.29, 0.717) is 5.92 Å². The van der Waals surface area contributed by atoms with Crippen LogP contribution >= 0.6 is 0 Å². The number of hydrogen-bond donors (Lipinski definition) is 0. The third-order valence-corrected chi connectivity index (χ3v) is 4.31. The Morgan fingerprint density at radius 1 is 1.29 bits per heavy atom. The number of rotatable bonds is 3. The summed E-state index contributed by atoms with van der Waals surface area (Å²) in [5, 5.41) is 8.19. The molecule has 3 heterocycles. The minimum atomic E-state index is 0.527. The second kappa shape index (κ2) is 7.02. The molecule has 0 aromatic carbocycles. The SMILES string of the molecule is CN(C)C(=NC[C@@H]1CCCN(c2nccn3cnnc23)C1)N(C)C. The van der Waals surface area contributed by atoms with Gasteiger partial charge in [-0.3, -0.25) is 9.39 Å². The molecule has 0 unspecified atom stereocenters. The number of guanidine groups is 1. The van der Waals surface area contributed by atoms with E-state index >= 15 is 0 Å². The number of hydrogen-bond acceptors (Lipinski definition) is 5. The van der Waals surface area contributed by atoms with Crippen molar-refractivity contribution in [3.05, 3.63) is 18.7 Å². The lowest BCUT2D eigenvalue weighted by molar-refractivity contribution is 0.412. The Morgan fingerprint density at radius 3 is 2.83 bits per heavy atom. The Hall–Kier alpha value is -2.38. The molecule has 8 heteroatoms. The van der Waals surface area contributed by atoms with Crippen LogP contribution in [-0.4, -0.2) is 83.2 Å². The van der Waals surface area contributed by atoms with Gasteiger partial charge in [-0.05, 0) is 18.8 Å². The Kier molecular flexibility index (Phi) is 4.82. The summed E-state index contributed by atoms with van der Waals surface area (Å²) in [4.78, 5) is 15.8. The molecule has 1 fully saturated rings. The quantitative estimate of drug-likeness (QED) is 0.613. The summed E-state index contributed by atoms with van der Waals surface area (Å²) in [6.45, 7) is 2.79. The van der Waals surface area contributed by atoms with Crippen LogP contribution in [0.3, 0.4) is 0 Å². The fourth-order valence-electron chi connectivity index (χ4n) is 3.27. The van der Waals surface area contributed by atoms with Gasteiger partial charge in [-0.2, -0.15) is 0 Å². The van der Waals surface area contributed by atoms with Crippen LogP contribution in [0.25, 0.3) is 5.65 Å². The van der Waals surface area contributed by atoms with Gasteiger partial charge in [-0.15, -0.1) is 10.2 Å². The minimum absolute atomic E-state index is 0.527. The standard InChI is InChI=1S/C16H26N8/c1-21(2)16(22(3)4)18-10-13-6-5-8-23(11-13)14-15-20-19-12-24(15)9-7-17-14/h7,9,12-13H,5-6,8,10-11H2,1-4H3/t13-/m0/s1. The van der Waals surface area contributed by atoms with Crippen LogP contribution in [0.4, 0.5) is 5.82 Å². The van der Waals surface area contributed by atoms with Gasteiger partial charge in [0.05, 0.1) is 0 Å². The molecular formula is C16H26N8. The van der Waals surface area contributed by atoms with E-state index in [1.807, 2.05) is 45.0 Å². The molecular weight excluding hydrogens is 304 g/mol. The first-order valence-electron chi connectivity index (χ1n) is 8.34. The van der Waals surface area contributed by atoms with Crippen LogP contribution in [0.2, 0.25) is 0 Å². The highest BCUT2D eigenvalue weighted by atomic mass is 15.3. The van der Waals surface area contributed by atoms with Gasteiger partial charge in [0, 0.05) is 60.2 Å². The molecule has 1 aliphatic heterocycles. The van der Waals surface area contributed by atoms with Crippen LogP contribution in [0.1, 0.15) is 12.8 Å². The van der Waals surface area contributed by atoms with Crippen molar-refractivity contribution in [1.29, 1.82) is 0 Å². The maximum absolute atomic E-state index is 4.82. The third-order valence-electron chi connectivity index (χ3n) is 4.31. The largest absolute Gasteiger partial charge is 0.353 e. The molecule has 0 bridgehead atoms. The first-order valence-corrected chi connectivity index (χ1v) is 8.34. The van der Waals surface area contributed by atoms with Gasteiger partial charge >= 0.3 is 0 Å². The molecule has 0 aliphatic carbocycles. The average Bonchev–Trinajstić information content (AvgIpc) is 3.03. The van der Waals surface area contributed by atoms with Crippen molar-refractivity contribution in [3.63, 3.8) is 0 Å². The molecule has 0 radical (unpaired) electrons. The second-order valence-electron chi connectivity index (χ2n) is 6.70. The maximum Gasteiger partial charge on any atom is 0.203 e. The van der Waals surface area contributed by atoms with Crippen molar-refractivity contribution < 1.29 is 0 Å². The summed E-state index contributed by atoms with van der Waals surface area (Å²) in [6, 6.07) is 0. The molecule has 1 saturated heterocycles. The van der Waals surface area contributed by atoms with E-state index < -0.39 is 0 Å². The number of anilines is 1. The lowest BCUT2D eigenvalue weighted by Crippen LogP contribution is -2.39. The van der Waals surface area contributed by atoms with Crippen molar-refractivity contribution in [1.82, 2.24) is 29.4 Å². The number of piperidine rings is 1. The van der Waals surface area contributed by atoms with Crippen LogP contribution in [-0.2, 0) is 0 Å². The highest BCUT2D eigenvalue weighted by Gasteiger charge is 2.23. The van der Waals surface area contributed by atoms with E-state index in [-0.39, 0.29) is 0 Å². The molecule has 0 saturated carbocycles. The molecule has 1 atom stereocenters. The molecule has 2 aromatic heterocycles. The Balaban J connectivity index is 1.73. The first-order chi connectivity index (χ1) is 11.6. The van der Waals surface area contributed by atoms with Crippen LogP contribution in [0.5, 0.6) is 0 Å². The smallest absolute Gasteiger partial charge is 0.203 e. The van der Waals surface area contributed by atoms with Crippen molar-refractivity contribution in [2.75, 3.05) is 52.7 Å². The number of aromatic nitrogens is 4.